The zero-order valence-corrected chi connectivity index (χ0v) is 16.7. The summed E-state index contributed by atoms with van der Waals surface area (Å²) in [4.78, 5) is 36.2. The molecule has 1 atom stereocenters. The fourth-order valence-electron chi connectivity index (χ4n) is 2.89. The van der Waals surface area contributed by atoms with E-state index in [0.717, 1.165) is 0 Å². The highest BCUT2D eigenvalue weighted by Crippen LogP contribution is 2.31. The van der Waals surface area contributed by atoms with Crippen molar-refractivity contribution in [3.63, 3.8) is 0 Å². The second-order valence-corrected chi connectivity index (χ2v) is 8.80. The lowest BCUT2D eigenvalue weighted by molar-refractivity contribution is -0.119. The van der Waals surface area contributed by atoms with E-state index in [-0.39, 0.29) is 27.8 Å². The highest BCUT2D eigenvalue weighted by Gasteiger charge is 2.42. The molecule has 7 nitrogen and oxygen atoms in total. The number of rotatable bonds is 4. The Kier molecular flexibility index (Phi) is 5.27. The predicted molar refractivity (Wildman–Crippen MR) is 106 cm³/mol. The van der Waals surface area contributed by atoms with E-state index in [4.69, 9.17) is 11.6 Å². The Morgan fingerprint density at radius 3 is 2.32 bits per heavy atom. The number of nitrogens with one attached hydrogen (secondary N) is 1. The summed E-state index contributed by atoms with van der Waals surface area (Å²) in [6.45, 7) is 2.97. The first kappa shape index (κ1) is 20.0. The van der Waals surface area contributed by atoms with Crippen LogP contribution in [0, 0.1) is 5.92 Å². The lowest BCUT2D eigenvalue weighted by atomic mass is 10.1. The maximum absolute atomic E-state index is 12.6. The third-order valence-corrected chi connectivity index (χ3v) is 6.54. The molecule has 0 bridgehead atoms. The van der Waals surface area contributed by atoms with Gasteiger partial charge in [-0.25, -0.2) is 12.7 Å². The number of sulfonamides is 1. The van der Waals surface area contributed by atoms with Gasteiger partial charge in [-0.15, -0.1) is 0 Å². The maximum Gasteiger partial charge on any atom is 0.257 e. The fourth-order valence-corrected chi connectivity index (χ4v) is 4.90. The number of carbonyl (C=O) groups is 3. The molecule has 0 spiro atoms. The highest BCUT2D eigenvalue weighted by molar-refractivity contribution is 7.94. The molecule has 2 aromatic carbocycles. The van der Waals surface area contributed by atoms with E-state index >= 15 is 0 Å². The van der Waals surface area contributed by atoms with E-state index in [0.29, 0.717) is 15.6 Å². The van der Waals surface area contributed by atoms with Gasteiger partial charge < -0.3 is 5.32 Å². The number of benzene rings is 2. The topological polar surface area (TPSA) is 101 Å². The van der Waals surface area contributed by atoms with Gasteiger partial charge in [-0.2, -0.15) is 0 Å². The van der Waals surface area contributed by atoms with Gasteiger partial charge >= 0.3 is 0 Å². The number of hydrogen-bond acceptors (Lipinski definition) is 5. The third kappa shape index (κ3) is 3.79. The van der Waals surface area contributed by atoms with Gasteiger partial charge in [0.1, 0.15) is 0 Å². The first-order chi connectivity index (χ1) is 13.1. The van der Waals surface area contributed by atoms with Crippen molar-refractivity contribution in [2.75, 3.05) is 15.4 Å². The molecule has 1 aliphatic rings. The summed E-state index contributed by atoms with van der Waals surface area (Å²) < 4.78 is 25.3. The Morgan fingerprint density at radius 1 is 1.14 bits per heavy atom. The number of carbonyl (C=O) groups excluding carboxylic acids is 3. The van der Waals surface area contributed by atoms with Crippen molar-refractivity contribution in [3.05, 3.63) is 58.6 Å². The monoisotopic (exact) mass is 420 g/mol. The van der Waals surface area contributed by atoms with Crippen molar-refractivity contribution in [1.82, 2.24) is 0 Å². The van der Waals surface area contributed by atoms with E-state index in [1.165, 1.54) is 32.0 Å². The SMILES string of the molecule is CC(=O)c1ccc(NC(=O)c2cc(N3C(=O)C(C)CS3(=O)=O)ccc2Cl)cc1. The Hall–Kier alpha value is -2.71. The van der Waals surface area contributed by atoms with Crippen LogP contribution < -0.4 is 9.62 Å². The average molecular weight is 421 g/mol. The zero-order valence-electron chi connectivity index (χ0n) is 15.1. The maximum atomic E-state index is 12.6. The van der Waals surface area contributed by atoms with Crippen LogP contribution in [0.25, 0.3) is 0 Å². The van der Waals surface area contributed by atoms with Gasteiger partial charge in [0.25, 0.3) is 5.91 Å². The number of halogens is 1. The van der Waals surface area contributed by atoms with Gasteiger partial charge in [0.15, 0.2) is 5.78 Å². The Morgan fingerprint density at radius 2 is 1.79 bits per heavy atom. The number of anilines is 2. The van der Waals surface area contributed by atoms with Crippen molar-refractivity contribution >= 4 is 50.6 Å². The molecule has 0 radical (unpaired) electrons. The lowest BCUT2D eigenvalue weighted by Crippen LogP contribution is -2.30. The van der Waals surface area contributed by atoms with E-state index < -0.39 is 27.8 Å². The van der Waals surface area contributed by atoms with Crippen molar-refractivity contribution in [2.45, 2.75) is 13.8 Å². The van der Waals surface area contributed by atoms with E-state index in [1.54, 1.807) is 24.3 Å². The largest absolute Gasteiger partial charge is 0.322 e. The normalized spacial score (nSPS) is 18.2. The Bertz CT molecular complexity index is 1080. The molecule has 1 unspecified atom stereocenters. The van der Waals surface area contributed by atoms with Crippen LogP contribution in [0.4, 0.5) is 11.4 Å². The van der Waals surface area contributed by atoms with Crippen LogP contribution in [0.15, 0.2) is 42.5 Å². The number of amides is 2. The number of nitrogens with zero attached hydrogens (tertiary/aromatic N) is 1. The average Bonchev–Trinajstić information content (AvgIpc) is 2.83. The first-order valence-corrected chi connectivity index (χ1v) is 10.4. The molecule has 2 aromatic rings. The third-order valence-electron chi connectivity index (χ3n) is 4.34. The molecular formula is C19H17ClN2O5S. The van der Waals surface area contributed by atoms with Gasteiger partial charge in [0, 0.05) is 11.3 Å². The molecule has 1 N–H and O–H groups in total. The summed E-state index contributed by atoms with van der Waals surface area (Å²) >= 11 is 6.11. The van der Waals surface area contributed by atoms with Gasteiger partial charge in [0.05, 0.1) is 27.9 Å². The summed E-state index contributed by atoms with van der Waals surface area (Å²) in [5.41, 5.74) is 1.04. The Labute approximate surface area is 167 Å². The molecule has 0 aliphatic carbocycles. The van der Waals surface area contributed by atoms with Gasteiger partial charge in [-0.3, -0.25) is 14.4 Å². The van der Waals surface area contributed by atoms with Crippen LogP contribution in [0.2, 0.25) is 5.02 Å². The number of hydrogen-bond donors (Lipinski definition) is 1. The smallest absolute Gasteiger partial charge is 0.257 e. The summed E-state index contributed by atoms with van der Waals surface area (Å²) in [5, 5.41) is 2.75. The second kappa shape index (κ2) is 7.37. The molecule has 0 saturated carbocycles. The van der Waals surface area contributed by atoms with Crippen LogP contribution in [0.3, 0.4) is 0 Å². The second-order valence-electron chi connectivity index (χ2n) is 6.53. The quantitative estimate of drug-likeness (QED) is 0.766. The van der Waals surface area contributed by atoms with Crippen molar-refractivity contribution in [2.24, 2.45) is 5.92 Å². The molecule has 2 amide bonds. The number of ketones is 1. The standard InChI is InChI=1S/C19H17ClN2O5S/c1-11-10-28(26,27)22(19(11)25)15-7-8-17(20)16(9-15)18(24)21-14-5-3-13(4-6-14)12(2)23/h3-9,11H,10H2,1-2H3,(H,21,24). The summed E-state index contributed by atoms with van der Waals surface area (Å²) in [5.74, 6) is -2.15. The van der Waals surface area contributed by atoms with Crippen LogP contribution in [0.1, 0.15) is 34.6 Å². The molecule has 1 aliphatic heterocycles. The summed E-state index contributed by atoms with van der Waals surface area (Å²) in [6.07, 6.45) is 0. The van der Waals surface area contributed by atoms with Crippen LogP contribution >= 0.6 is 11.6 Å². The molecule has 28 heavy (non-hydrogen) atoms. The molecule has 9 heteroatoms. The summed E-state index contributed by atoms with van der Waals surface area (Å²) in [6, 6.07) is 10.3. The van der Waals surface area contributed by atoms with Crippen LogP contribution in [-0.2, 0) is 14.8 Å². The molecule has 1 heterocycles. The molecule has 3 rings (SSSR count). The van der Waals surface area contributed by atoms with E-state index in [1.807, 2.05) is 0 Å². The lowest BCUT2D eigenvalue weighted by Gasteiger charge is -2.17. The highest BCUT2D eigenvalue weighted by atomic mass is 35.5. The van der Waals surface area contributed by atoms with Crippen molar-refractivity contribution in [3.8, 4) is 0 Å². The molecule has 0 aromatic heterocycles. The van der Waals surface area contributed by atoms with Gasteiger partial charge in [0.2, 0.25) is 15.9 Å². The first-order valence-electron chi connectivity index (χ1n) is 8.39. The molecular weight excluding hydrogens is 404 g/mol. The molecule has 1 saturated heterocycles. The zero-order chi connectivity index (χ0) is 20.6. The minimum Gasteiger partial charge on any atom is -0.322 e. The van der Waals surface area contributed by atoms with E-state index in [2.05, 4.69) is 5.32 Å². The minimum absolute atomic E-state index is 0.0253. The molecule has 146 valence electrons. The van der Waals surface area contributed by atoms with E-state index in [9.17, 15) is 22.8 Å². The Balaban J connectivity index is 1.90. The number of Topliss-reactive ketones (excluding diaryl/α,β-unsaturated/α-hetero) is 1. The molecule has 1 fully saturated rings. The van der Waals surface area contributed by atoms with Gasteiger partial charge in [-0.05, 0) is 49.4 Å². The van der Waals surface area contributed by atoms with Crippen molar-refractivity contribution in [1.29, 1.82) is 0 Å². The van der Waals surface area contributed by atoms with Crippen molar-refractivity contribution < 1.29 is 22.8 Å². The fraction of sp³-hybridized carbons (Fsp3) is 0.211. The van der Waals surface area contributed by atoms with Crippen LogP contribution in [0.5, 0.6) is 0 Å². The summed E-state index contributed by atoms with van der Waals surface area (Å²) in [7, 11) is -3.79. The van der Waals surface area contributed by atoms with Crippen LogP contribution in [-0.4, -0.2) is 31.8 Å². The predicted octanol–water partition coefficient (Wildman–Crippen LogP) is 3.11. The minimum atomic E-state index is -3.79. The van der Waals surface area contributed by atoms with Gasteiger partial charge in [-0.1, -0.05) is 18.5 Å².